The van der Waals surface area contributed by atoms with Gasteiger partial charge in [-0.25, -0.2) is 0 Å². The molecule has 1 aromatic heterocycles. The normalized spacial score (nSPS) is 13.0. The lowest BCUT2D eigenvalue weighted by molar-refractivity contribution is 0.220. The molecule has 1 atom stereocenters. The van der Waals surface area contributed by atoms with Gasteiger partial charge in [0.2, 0.25) is 0 Å². The van der Waals surface area contributed by atoms with Crippen LogP contribution in [0.25, 0.3) is 10.9 Å². The number of aliphatic hydroxyl groups excluding tert-OH is 1. The molecule has 0 spiro atoms. The molecule has 1 unspecified atom stereocenters. The fourth-order valence-electron chi connectivity index (χ4n) is 1.81. The SMILES string of the molecule is C=CC(O)c1c(Br)c2ccccc2n1C. The predicted molar refractivity (Wildman–Crippen MR) is 65.8 cm³/mol. The fraction of sp³-hybridized carbons (Fsp3) is 0.167. The van der Waals surface area contributed by atoms with E-state index in [4.69, 9.17) is 0 Å². The Morgan fingerprint density at radius 1 is 1.47 bits per heavy atom. The average molecular weight is 266 g/mol. The van der Waals surface area contributed by atoms with Crippen LogP contribution in [0, 0.1) is 0 Å². The van der Waals surface area contributed by atoms with Gasteiger partial charge in [-0.15, -0.1) is 6.58 Å². The Kier molecular flexibility index (Phi) is 2.67. The van der Waals surface area contributed by atoms with Crippen molar-refractivity contribution in [1.82, 2.24) is 4.57 Å². The highest BCUT2D eigenvalue weighted by atomic mass is 79.9. The van der Waals surface area contributed by atoms with Gasteiger partial charge in [-0.1, -0.05) is 24.3 Å². The van der Waals surface area contributed by atoms with Crippen LogP contribution in [0.1, 0.15) is 11.8 Å². The summed E-state index contributed by atoms with van der Waals surface area (Å²) in [6, 6.07) is 8.02. The van der Waals surface area contributed by atoms with Gasteiger partial charge < -0.3 is 9.67 Å². The molecule has 0 amide bonds. The van der Waals surface area contributed by atoms with Gasteiger partial charge in [-0.05, 0) is 22.0 Å². The molecule has 1 aromatic carbocycles. The number of fused-ring (bicyclic) bond motifs is 1. The molecule has 0 saturated carbocycles. The van der Waals surface area contributed by atoms with Crippen molar-refractivity contribution in [2.24, 2.45) is 7.05 Å². The Morgan fingerprint density at radius 2 is 2.13 bits per heavy atom. The molecular formula is C12H12BrNO. The first-order valence-corrected chi connectivity index (χ1v) is 5.49. The standard InChI is InChI=1S/C12H12BrNO/c1-3-10(15)12-11(13)8-6-4-5-7-9(8)14(12)2/h3-7,10,15H,1H2,2H3. The number of halogens is 1. The Bertz CT molecular complexity index is 477. The molecule has 0 radical (unpaired) electrons. The summed E-state index contributed by atoms with van der Waals surface area (Å²) in [5, 5.41) is 10.9. The lowest BCUT2D eigenvalue weighted by Gasteiger charge is -2.08. The molecule has 78 valence electrons. The van der Waals surface area contributed by atoms with Gasteiger partial charge in [-0.2, -0.15) is 0 Å². The van der Waals surface area contributed by atoms with E-state index in [0.29, 0.717) is 0 Å². The van der Waals surface area contributed by atoms with Gasteiger partial charge in [0, 0.05) is 22.4 Å². The van der Waals surface area contributed by atoms with Crippen LogP contribution in [0.2, 0.25) is 0 Å². The number of hydrogen-bond donors (Lipinski definition) is 1. The third-order valence-electron chi connectivity index (χ3n) is 2.59. The molecule has 0 aliphatic heterocycles. The van der Waals surface area contributed by atoms with Crippen molar-refractivity contribution >= 4 is 26.8 Å². The molecule has 15 heavy (non-hydrogen) atoms. The van der Waals surface area contributed by atoms with Crippen molar-refractivity contribution in [1.29, 1.82) is 0 Å². The van der Waals surface area contributed by atoms with Crippen molar-refractivity contribution in [2.45, 2.75) is 6.10 Å². The Hall–Kier alpha value is -1.06. The molecule has 3 heteroatoms. The summed E-state index contributed by atoms with van der Waals surface area (Å²) in [4.78, 5) is 0. The number of benzene rings is 1. The van der Waals surface area contributed by atoms with Crippen LogP contribution in [0.4, 0.5) is 0 Å². The third kappa shape index (κ3) is 1.52. The number of hydrogen-bond acceptors (Lipinski definition) is 1. The average Bonchev–Trinajstić information content (AvgIpc) is 2.52. The maximum Gasteiger partial charge on any atom is 0.113 e. The molecule has 2 rings (SSSR count). The van der Waals surface area contributed by atoms with E-state index < -0.39 is 6.10 Å². The second kappa shape index (κ2) is 3.83. The van der Waals surface area contributed by atoms with E-state index in [-0.39, 0.29) is 0 Å². The smallest absolute Gasteiger partial charge is 0.113 e. The molecular weight excluding hydrogens is 254 g/mol. The number of aryl methyl sites for hydroxylation is 1. The molecule has 0 aliphatic rings. The van der Waals surface area contributed by atoms with E-state index in [0.717, 1.165) is 21.1 Å². The maximum atomic E-state index is 9.82. The zero-order valence-corrected chi connectivity index (χ0v) is 10.0. The van der Waals surface area contributed by atoms with Gasteiger partial charge in [0.15, 0.2) is 0 Å². The second-order valence-electron chi connectivity index (χ2n) is 3.46. The highest BCUT2D eigenvalue weighted by molar-refractivity contribution is 9.10. The van der Waals surface area contributed by atoms with Crippen LogP contribution in [0.3, 0.4) is 0 Å². The predicted octanol–water partition coefficient (Wildman–Crippen LogP) is 3.16. The lowest BCUT2D eigenvalue weighted by Crippen LogP contribution is -2.01. The minimum absolute atomic E-state index is 0.642. The van der Waals surface area contributed by atoms with E-state index in [1.54, 1.807) is 0 Å². The van der Waals surface area contributed by atoms with E-state index in [1.165, 1.54) is 6.08 Å². The number of para-hydroxylation sites is 1. The molecule has 2 aromatic rings. The van der Waals surface area contributed by atoms with Crippen LogP contribution in [0.15, 0.2) is 41.4 Å². The molecule has 2 nitrogen and oxygen atoms in total. The molecule has 0 aliphatic carbocycles. The number of aromatic nitrogens is 1. The number of rotatable bonds is 2. The highest BCUT2D eigenvalue weighted by Gasteiger charge is 2.16. The summed E-state index contributed by atoms with van der Waals surface area (Å²) in [6.45, 7) is 3.61. The lowest BCUT2D eigenvalue weighted by atomic mass is 10.2. The molecule has 1 heterocycles. The summed E-state index contributed by atoms with van der Waals surface area (Å²) in [6.07, 6.45) is 0.885. The molecule has 0 bridgehead atoms. The first-order valence-electron chi connectivity index (χ1n) is 4.70. The highest BCUT2D eigenvalue weighted by Crippen LogP contribution is 2.33. The van der Waals surface area contributed by atoms with Crippen LogP contribution in [0.5, 0.6) is 0 Å². The van der Waals surface area contributed by atoms with Crippen molar-refractivity contribution in [2.75, 3.05) is 0 Å². The van der Waals surface area contributed by atoms with Crippen LogP contribution < -0.4 is 0 Å². The summed E-state index contributed by atoms with van der Waals surface area (Å²) >= 11 is 3.52. The van der Waals surface area contributed by atoms with Gasteiger partial charge in [0.25, 0.3) is 0 Å². The number of aliphatic hydroxyl groups is 1. The zero-order valence-electron chi connectivity index (χ0n) is 8.44. The maximum absolute atomic E-state index is 9.82. The molecule has 1 N–H and O–H groups in total. The summed E-state index contributed by atoms with van der Waals surface area (Å²) < 4.78 is 2.92. The summed E-state index contributed by atoms with van der Waals surface area (Å²) in [5.74, 6) is 0. The van der Waals surface area contributed by atoms with E-state index in [2.05, 4.69) is 22.5 Å². The summed E-state index contributed by atoms with van der Waals surface area (Å²) in [7, 11) is 1.94. The zero-order chi connectivity index (χ0) is 11.0. The van der Waals surface area contributed by atoms with Crippen molar-refractivity contribution in [3.63, 3.8) is 0 Å². The minimum atomic E-state index is -0.642. The molecule has 0 fully saturated rings. The monoisotopic (exact) mass is 265 g/mol. The van der Waals surface area contributed by atoms with Gasteiger partial charge >= 0.3 is 0 Å². The largest absolute Gasteiger partial charge is 0.383 e. The van der Waals surface area contributed by atoms with Crippen molar-refractivity contribution in [3.8, 4) is 0 Å². The second-order valence-corrected chi connectivity index (χ2v) is 4.25. The first-order chi connectivity index (χ1) is 7.16. The van der Waals surface area contributed by atoms with Crippen LogP contribution in [-0.2, 0) is 7.05 Å². The van der Waals surface area contributed by atoms with Crippen molar-refractivity contribution in [3.05, 3.63) is 47.1 Å². The Morgan fingerprint density at radius 3 is 2.73 bits per heavy atom. The van der Waals surface area contributed by atoms with Gasteiger partial charge in [0.1, 0.15) is 6.10 Å². The van der Waals surface area contributed by atoms with E-state index >= 15 is 0 Å². The Balaban J connectivity index is 2.80. The molecule has 0 saturated heterocycles. The third-order valence-corrected chi connectivity index (χ3v) is 3.42. The quantitative estimate of drug-likeness (QED) is 0.830. The first kappa shape index (κ1) is 10.5. The van der Waals surface area contributed by atoms with Crippen molar-refractivity contribution < 1.29 is 5.11 Å². The fourth-order valence-corrected chi connectivity index (χ4v) is 2.64. The summed E-state index contributed by atoms with van der Waals surface area (Å²) in [5.41, 5.74) is 1.94. The minimum Gasteiger partial charge on any atom is -0.383 e. The van der Waals surface area contributed by atoms with Crippen LogP contribution in [-0.4, -0.2) is 9.67 Å². The van der Waals surface area contributed by atoms with Gasteiger partial charge in [-0.3, -0.25) is 0 Å². The van der Waals surface area contributed by atoms with E-state index in [9.17, 15) is 5.11 Å². The van der Waals surface area contributed by atoms with E-state index in [1.807, 2.05) is 35.9 Å². The number of nitrogens with zero attached hydrogens (tertiary/aromatic N) is 1. The topological polar surface area (TPSA) is 25.2 Å². The Labute approximate surface area is 97.0 Å². The van der Waals surface area contributed by atoms with Gasteiger partial charge in [0.05, 0.1) is 5.69 Å². The van der Waals surface area contributed by atoms with Crippen LogP contribution >= 0.6 is 15.9 Å².